The molecule has 1 atom stereocenters. The Morgan fingerprint density at radius 3 is 2.50 bits per heavy atom. The molecule has 1 aromatic carbocycles. The van der Waals surface area contributed by atoms with Crippen LogP contribution in [0.1, 0.15) is 24.0 Å². The van der Waals surface area contributed by atoms with E-state index in [1.807, 2.05) is 12.1 Å². The second-order valence-corrected chi connectivity index (χ2v) is 4.98. The molecule has 1 heterocycles. The van der Waals surface area contributed by atoms with Crippen molar-refractivity contribution in [3.05, 3.63) is 35.4 Å². The molecule has 4 heteroatoms. The van der Waals surface area contributed by atoms with Crippen LogP contribution < -0.4 is 5.32 Å². The van der Waals surface area contributed by atoms with Crippen LogP contribution >= 0.6 is 0 Å². The standard InChI is InChI=1S/C14H18F3N/c15-14(16,17)9-13-6-2-1-5-12(13)8-11-4-3-7-18-10-11/h1-2,5-6,11,18H,3-4,7-10H2. The van der Waals surface area contributed by atoms with Crippen molar-refractivity contribution in [2.24, 2.45) is 5.92 Å². The van der Waals surface area contributed by atoms with Crippen molar-refractivity contribution in [1.82, 2.24) is 5.32 Å². The molecule has 1 nitrogen and oxygen atoms in total. The predicted octanol–water partition coefficient (Wildman–Crippen LogP) is 3.33. The Morgan fingerprint density at radius 2 is 1.89 bits per heavy atom. The fourth-order valence-electron chi connectivity index (χ4n) is 2.55. The maximum Gasteiger partial charge on any atom is 0.393 e. The molecule has 2 rings (SSSR count). The number of alkyl halides is 3. The molecule has 1 saturated heterocycles. The first kappa shape index (κ1) is 13.4. The summed E-state index contributed by atoms with van der Waals surface area (Å²) in [6.07, 6.45) is -1.97. The lowest BCUT2D eigenvalue weighted by Crippen LogP contribution is -2.31. The first-order chi connectivity index (χ1) is 8.54. The highest BCUT2D eigenvalue weighted by Gasteiger charge is 2.29. The van der Waals surface area contributed by atoms with Gasteiger partial charge in [-0.15, -0.1) is 0 Å². The van der Waals surface area contributed by atoms with Crippen LogP contribution in [-0.2, 0) is 12.8 Å². The number of rotatable bonds is 3. The molecular weight excluding hydrogens is 239 g/mol. The van der Waals surface area contributed by atoms with Crippen LogP contribution in [0.3, 0.4) is 0 Å². The summed E-state index contributed by atoms with van der Waals surface area (Å²) in [5, 5.41) is 3.30. The zero-order valence-corrected chi connectivity index (χ0v) is 10.3. The van der Waals surface area contributed by atoms with Gasteiger partial charge in [0.2, 0.25) is 0 Å². The highest BCUT2D eigenvalue weighted by atomic mass is 19.4. The van der Waals surface area contributed by atoms with Crippen molar-refractivity contribution in [2.45, 2.75) is 31.9 Å². The minimum Gasteiger partial charge on any atom is -0.316 e. The van der Waals surface area contributed by atoms with E-state index in [0.29, 0.717) is 11.5 Å². The highest BCUT2D eigenvalue weighted by molar-refractivity contribution is 5.28. The monoisotopic (exact) mass is 257 g/mol. The van der Waals surface area contributed by atoms with Crippen molar-refractivity contribution in [1.29, 1.82) is 0 Å². The molecule has 0 aliphatic carbocycles. The van der Waals surface area contributed by atoms with Crippen molar-refractivity contribution in [3.63, 3.8) is 0 Å². The van der Waals surface area contributed by atoms with E-state index in [9.17, 15) is 13.2 Å². The first-order valence-electron chi connectivity index (χ1n) is 6.39. The normalized spacial score (nSPS) is 20.9. The molecule has 1 unspecified atom stereocenters. The van der Waals surface area contributed by atoms with E-state index in [-0.39, 0.29) is 0 Å². The van der Waals surface area contributed by atoms with Gasteiger partial charge >= 0.3 is 6.18 Å². The van der Waals surface area contributed by atoms with E-state index in [2.05, 4.69) is 5.32 Å². The van der Waals surface area contributed by atoms with Gasteiger partial charge in [-0.1, -0.05) is 24.3 Å². The van der Waals surface area contributed by atoms with E-state index in [0.717, 1.165) is 37.9 Å². The van der Waals surface area contributed by atoms with Gasteiger partial charge in [-0.25, -0.2) is 0 Å². The van der Waals surface area contributed by atoms with Crippen LogP contribution in [0.2, 0.25) is 0 Å². The molecule has 0 saturated carbocycles. The number of hydrogen-bond acceptors (Lipinski definition) is 1. The summed E-state index contributed by atoms with van der Waals surface area (Å²) in [6, 6.07) is 6.93. The summed E-state index contributed by atoms with van der Waals surface area (Å²) >= 11 is 0. The summed E-state index contributed by atoms with van der Waals surface area (Å²) in [4.78, 5) is 0. The second-order valence-electron chi connectivity index (χ2n) is 4.98. The SMILES string of the molecule is FC(F)(F)Cc1ccccc1CC1CCCNC1. The van der Waals surface area contributed by atoms with E-state index < -0.39 is 12.6 Å². The van der Waals surface area contributed by atoms with Gasteiger partial charge in [0, 0.05) is 0 Å². The summed E-state index contributed by atoms with van der Waals surface area (Å²) in [5.74, 6) is 0.466. The maximum absolute atomic E-state index is 12.5. The highest BCUT2D eigenvalue weighted by Crippen LogP contribution is 2.26. The maximum atomic E-state index is 12.5. The molecule has 1 fully saturated rings. The van der Waals surface area contributed by atoms with Crippen molar-refractivity contribution in [3.8, 4) is 0 Å². The number of halogens is 3. The molecule has 100 valence electrons. The van der Waals surface area contributed by atoms with Crippen molar-refractivity contribution >= 4 is 0 Å². The molecule has 0 spiro atoms. The van der Waals surface area contributed by atoms with Crippen LogP contribution in [0.4, 0.5) is 13.2 Å². The van der Waals surface area contributed by atoms with Crippen molar-refractivity contribution in [2.75, 3.05) is 13.1 Å². The van der Waals surface area contributed by atoms with E-state index in [4.69, 9.17) is 0 Å². The van der Waals surface area contributed by atoms with Gasteiger partial charge in [0.25, 0.3) is 0 Å². The van der Waals surface area contributed by atoms with Gasteiger partial charge < -0.3 is 5.32 Å². The number of piperidine rings is 1. The zero-order chi connectivity index (χ0) is 13.0. The third-order valence-electron chi connectivity index (χ3n) is 3.42. The molecule has 0 aromatic heterocycles. The lowest BCUT2D eigenvalue weighted by atomic mass is 9.89. The minimum absolute atomic E-state index is 0.426. The van der Waals surface area contributed by atoms with E-state index in [1.54, 1.807) is 12.1 Å². The van der Waals surface area contributed by atoms with Gasteiger partial charge in [0.15, 0.2) is 0 Å². The summed E-state index contributed by atoms with van der Waals surface area (Å²) in [6.45, 7) is 1.95. The smallest absolute Gasteiger partial charge is 0.316 e. The second kappa shape index (κ2) is 5.74. The third kappa shape index (κ3) is 4.02. The summed E-state index contributed by atoms with van der Waals surface area (Å²) in [5.41, 5.74) is 1.28. The van der Waals surface area contributed by atoms with Crippen molar-refractivity contribution < 1.29 is 13.2 Å². The van der Waals surface area contributed by atoms with Crippen LogP contribution in [0.15, 0.2) is 24.3 Å². The average Bonchev–Trinajstić information content (AvgIpc) is 2.31. The summed E-state index contributed by atoms with van der Waals surface area (Å²) in [7, 11) is 0. The number of benzene rings is 1. The molecule has 1 N–H and O–H groups in total. The van der Waals surface area contributed by atoms with Gasteiger partial charge in [0.1, 0.15) is 0 Å². The topological polar surface area (TPSA) is 12.0 Å². The van der Waals surface area contributed by atoms with Gasteiger partial charge in [-0.3, -0.25) is 0 Å². The molecule has 1 aromatic rings. The van der Waals surface area contributed by atoms with Gasteiger partial charge in [-0.05, 0) is 49.4 Å². The zero-order valence-electron chi connectivity index (χ0n) is 10.3. The van der Waals surface area contributed by atoms with Crippen LogP contribution in [0.5, 0.6) is 0 Å². The molecule has 18 heavy (non-hydrogen) atoms. The molecule has 0 bridgehead atoms. The van der Waals surface area contributed by atoms with E-state index >= 15 is 0 Å². The molecular formula is C14H18F3N. The molecule has 1 aliphatic heterocycles. The predicted molar refractivity (Wildman–Crippen MR) is 65.5 cm³/mol. The lowest BCUT2D eigenvalue weighted by Gasteiger charge is -2.24. The fraction of sp³-hybridized carbons (Fsp3) is 0.571. The quantitative estimate of drug-likeness (QED) is 0.875. The van der Waals surface area contributed by atoms with Crippen LogP contribution in [-0.4, -0.2) is 19.3 Å². The Labute approximate surface area is 105 Å². The molecule has 1 aliphatic rings. The third-order valence-corrected chi connectivity index (χ3v) is 3.42. The largest absolute Gasteiger partial charge is 0.393 e. The average molecular weight is 257 g/mol. The molecule has 0 radical (unpaired) electrons. The van der Waals surface area contributed by atoms with Crippen LogP contribution in [0.25, 0.3) is 0 Å². The lowest BCUT2D eigenvalue weighted by molar-refractivity contribution is -0.127. The van der Waals surface area contributed by atoms with Crippen LogP contribution in [0, 0.1) is 5.92 Å². The Bertz CT molecular complexity index is 381. The van der Waals surface area contributed by atoms with Gasteiger partial charge in [0.05, 0.1) is 6.42 Å². The fourth-order valence-corrected chi connectivity index (χ4v) is 2.55. The number of nitrogens with one attached hydrogen (secondary N) is 1. The van der Waals surface area contributed by atoms with Gasteiger partial charge in [-0.2, -0.15) is 13.2 Å². The van der Waals surface area contributed by atoms with E-state index in [1.165, 1.54) is 0 Å². The molecule has 0 amide bonds. The Balaban J connectivity index is 2.06. The minimum atomic E-state index is -4.12. The Morgan fingerprint density at radius 1 is 1.17 bits per heavy atom. The summed E-state index contributed by atoms with van der Waals surface area (Å²) < 4.78 is 37.5. The Kier molecular flexibility index (Phi) is 4.27. The Hall–Kier alpha value is -1.03. The first-order valence-corrected chi connectivity index (χ1v) is 6.39. The number of hydrogen-bond donors (Lipinski definition) is 1.